The first-order valence-electron chi connectivity index (χ1n) is 9.82. The van der Waals surface area contributed by atoms with E-state index >= 15 is 0 Å². The lowest BCUT2D eigenvalue weighted by Crippen LogP contribution is -2.48. The molecule has 0 saturated carbocycles. The molecule has 2 unspecified atom stereocenters. The number of pyridine rings is 1. The molecule has 3 aromatic rings. The van der Waals surface area contributed by atoms with Gasteiger partial charge in [-0.1, -0.05) is 41.9 Å². The van der Waals surface area contributed by atoms with Crippen LogP contribution in [0.4, 0.5) is 0 Å². The van der Waals surface area contributed by atoms with E-state index in [1.807, 2.05) is 36.4 Å². The molecular formula is C23H23ClN2O4. The lowest BCUT2D eigenvalue weighted by molar-refractivity contribution is -0.0261. The standard InChI is InChI=1S/C23H23ClN2O4/c1-29-22-17-5-3-2-4-16(17)15(10-14-6-7-21(24)25-12-14)11-18(22)23(28)26-19-8-9-30-13-20(19)27/h2-7,11-12,19-20,27H,8-10,13H2,1H3,(H,26,28). The van der Waals surface area contributed by atoms with Gasteiger partial charge in [0.15, 0.2) is 0 Å². The van der Waals surface area contributed by atoms with Gasteiger partial charge in [0.2, 0.25) is 0 Å². The first-order valence-corrected chi connectivity index (χ1v) is 10.2. The molecule has 1 saturated heterocycles. The molecule has 1 aliphatic rings. The molecular weight excluding hydrogens is 404 g/mol. The lowest BCUT2D eigenvalue weighted by Gasteiger charge is -2.28. The second-order valence-corrected chi connectivity index (χ2v) is 7.73. The van der Waals surface area contributed by atoms with Gasteiger partial charge in [-0.2, -0.15) is 0 Å². The molecule has 2 atom stereocenters. The van der Waals surface area contributed by atoms with E-state index in [0.717, 1.165) is 21.9 Å². The number of fused-ring (bicyclic) bond motifs is 1. The van der Waals surface area contributed by atoms with Gasteiger partial charge in [-0.05, 0) is 41.5 Å². The monoisotopic (exact) mass is 426 g/mol. The number of nitrogens with one attached hydrogen (secondary N) is 1. The molecule has 1 amide bonds. The number of hydrogen-bond acceptors (Lipinski definition) is 5. The molecule has 1 fully saturated rings. The van der Waals surface area contributed by atoms with Gasteiger partial charge in [0, 0.05) is 18.2 Å². The number of aliphatic hydroxyl groups is 1. The Bertz CT molecular complexity index is 1060. The van der Waals surface area contributed by atoms with Gasteiger partial charge >= 0.3 is 0 Å². The van der Waals surface area contributed by atoms with Crippen LogP contribution in [0, 0.1) is 0 Å². The minimum absolute atomic E-state index is 0.217. The number of methoxy groups -OCH3 is 1. The van der Waals surface area contributed by atoms with Crippen molar-refractivity contribution in [2.24, 2.45) is 0 Å². The molecule has 30 heavy (non-hydrogen) atoms. The fourth-order valence-corrected chi connectivity index (χ4v) is 3.94. The number of rotatable bonds is 5. The maximum Gasteiger partial charge on any atom is 0.255 e. The van der Waals surface area contributed by atoms with E-state index in [-0.39, 0.29) is 18.6 Å². The number of ether oxygens (including phenoxy) is 2. The van der Waals surface area contributed by atoms with Crippen LogP contribution >= 0.6 is 11.6 Å². The van der Waals surface area contributed by atoms with E-state index in [1.54, 1.807) is 19.4 Å². The maximum atomic E-state index is 13.2. The number of benzene rings is 2. The van der Waals surface area contributed by atoms with Crippen LogP contribution in [-0.4, -0.2) is 48.5 Å². The van der Waals surface area contributed by atoms with E-state index in [2.05, 4.69) is 10.3 Å². The third-order valence-corrected chi connectivity index (χ3v) is 5.58. The summed E-state index contributed by atoms with van der Waals surface area (Å²) in [5, 5.41) is 15.4. The van der Waals surface area contributed by atoms with E-state index < -0.39 is 6.10 Å². The molecule has 0 spiro atoms. The van der Waals surface area contributed by atoms with Crippen molar-refractivity contribution in [2.45, 2.75) is 25.0 Å². The fourth-order valence-electron chi connectivity index (χ4n) is 3.83. The van der Waals surface area contributed by atoms with Gasteiger partial charge < -0.3 is 19.9 Å². The highest BCUT2D eigenvalue weighted by atomic mass is 35.5. The van der Waals surface area contributed by atoms with Crippen LogP contribution in [0.2, 0.25) is 5.15 Å². The summed E-state index contributed by atoms with van der Waals surface area (Å²) in [4.78, 5) is 17.3. The first kappa shape index (κ1) is 20.6. The van der Waals surface area contributed by atoms with Crippen LogP contribution in [0.5, 0.6) is 5.75 Å². The quantitative estimate of drug-likeness (QED) is 0.611. The second kappa shape index (κ2) is 9.00. The molecule has 0 bridgehead atoms. The van der Waals surface area contributed by atoms with Gasteiger partial charge in [-0.15, -0.1) is 0 Å². The number of aromatic nitrogens is 1. The number of aliphatic hydroxyl groups excluding tert-OH is 1. The molecule has 0 aliphatic carbocycles. The summed E-state index contributed by atoms with van der Waals surface area (Å²) in [6, 6.07) is 13.0. The summed E-state index contributed by atoms with van der Waals surface area (Å²) in [5.74, 6) is 0.238. The lowest BCUT2D eigenvalue weighted by atomic mass is 9.94. The zero-order valence-electron chi connectivity index (χ0n) is 16.6. The van der Waals surface area contributed by atoms with Gasteiger partial charge in [-0.3, -0.25) is 4.79 Å². The first-order chi connectivity index (χ1) is 14.6. The highest BCUT2D eigenvalue weighted by Crippen LogP contribution is 2.34. The zero-order chi connectivity index (χ0) is 21.1. The van der Waals surface area contributed by atoms with Crippen molar-refractivity contribution in [1.29, 1.82) is 0 Å². The molecule has 2 N–H and O–H groups in total. The Balaban J connectivity index is 1.74. The molecule has 1 aliphatic heterocycles. The number of amides is 1. The van der Waals surface area contributed by atoms with Gasteiger partial charge in [0.05, 0.1) is 31.4 Å². The number of carbonyl (C=O) groups is 1. The van der Waals surface area contributed by atoms with Crippen molar-refractivity contribution in [3.05, 3.63) is 70.5 Å². The Labute approximate surface area is 179 Å². The van der Waals surface area contributed by atoms with E-state index in [0.29, 0.717) is 35.9 Å². The smallest absolute Gasteiger partial charge is 0.255 e. The number of nitrogens with zero attached hydrogens (tertiary/aromatic N) is 1. The molecule has 7 heteroatoms. The Morgan fingerprint density at radius 3 is 2.80 bits per heavy atom. The molecule has 156 valence electrons. The van der Waals surface area contributed by atoms with Crippen molar-refractivity contribution in [1.82, 2.24) is 10.3 Å². The van der Waals surface area contributed by atoms with E-state index in [1.165, 1.54) is 0 Å². The average molecular weight is 427 g/mol. The minimum Gasteiger partial charge on any atom is -0.495 e. The third kappa shape index (κ3) is 4.26. The number of halogens is 1. The largest absolute Gasteiger partial charge is 0.495 e. The van der Waals surface area contributed by atoms with Gasteiger partial charge in [0.25, 0.3) is 5.91 Å². The summed E-state index contributed by atoms with van der Waals surface area (Å²) < 4.78 is 10.9. The summed E-state index contributed by atoms with van der Waals surface area (Å²) in [6.07, 6.45) is 2.16. The highest BCUT2D eigenvalue weighted by Gasteiger charge is 2.27. The fraction of sp³-hybridized carbons (Fsp3) is 0.304. The summed E-state index contributed by atoms with van der Waals surface area (Å²) in [5.41, 5.74) is 2.40. The SMILES string of the molecule is COc1c(C(=O)NC2CCOCC2O)cc(Cc2ccc(Cl)nc2)c2ccccc12. The number of carbonyl (C=O) groups excluding carboxylic acids is 1. The molecule has 2 aromatic carbocycles. The summed E-state index contributed by atoms with van der Waals surface area (Å²) in [6.45, 7) is 0.723. The van der Waals surface area contributed by atoms with E-state index in [9.17, 15) is 9.90 Å². The predicted molar refractivity (Wildman–Crippen MR) is 115 cm³/mol. The van der Waals surface area contributed by atoms with Crippen molar-refractivity contribution in [3.8, 4) is 5.75 Å². The highest BCUT2D eigenvalue weighted by molar-refractivity contribution is 6.29. The zero-order valence-corrected chi connectivity index (χ0v) is 17.4. The van der Waals surface area contributed by atoms with E-state index in [4.69, 9.17) is 21.1 Å². The average Bonchev–Trinajstić information content (AvgIpc) is 2.76. The van der Waals surface area contributed by atoms with Crippen LogP contribution in [0.1, 0.15) is 27.9 Å². The molecule has 6 nitrogen and oxygen atoms in total. The Hall–Kier alpha value is -2.67. The van der Waals surface area contributed by atoms with Crippen molar-refractivity contribution in [2.75, 3.05) is 20.3 Å². The molecule has 0 radical (unpaired) electrons. The summed E-state index contributed by atoms with van der Waals surface area (Å²) in [7, 11) is 1.56. The Morgan fingerprint density at radius 2 is 2.10 bits per heavy atom. The van der Waals surface area contributed by atoms with Crippen LogP contribution in [-0.2, 0) is 11.2 Å². The minimum atomic E-state index is -0.728. The molecule has 1 aromatic heterocycles. The number of hydrogen-bond donors (Lipinski definition) is 2. The molecule has 2 heterocycles. The van der Waals surface area contributed by atoms with Crippen LogP contribution in [0.25, 0.3) is 10.8 Å². The van der Waals surface area contributed by atoms with Crippen molar-refractivity contribution in [3.63, 3.8) is 0 Å². The van der Waals surface area contributed by atoms with Crippen LogP contribution < -0.4 is 10.1 Å². The van der Waals surface area contributed by atoms with Gasteiger partial charge in [0.1, 0.15) is 10.9 Å². The summed E-state index contributed by atoms with van der Waals surface area (Å²) >= 11 is 5.91. The third-order valence-electron chi connectivity index (χ3n) is 5.36. The van der Waals surface area contributed by atoms with Crippen LogP contribution in [0.15, 0.2) is 48.7 Å². The topological polar surface area (TPSA) is 80.7 Å². The van der Waals surface area contributed by atoms with Crippen molar-refractivity contribution >= 4 is 28.3 Å². The molecule has 4 rings (SSSR count). The van der Waals surface area contributed by atoms with Crippen LogP contribution in [0.3, 0.4) is 0 Å². The van der Waals surface area contributed by atoms with Gasteiger partial charge in [-0.25, -0.2) is 4.98 Å². The normalized spacial score (nSPS) is 18.9. The maximum absolute atomic E-state index is 13.2. The Morgan fingerprint density at radius 1 is 1.30 bits per heavy atom. The second-order valence-electron chi connectivity index (χ2n) is 7.34. The predicted octanol–water partition coefficient (Wildman–Crippen LogP) is 3.37. The Kier molecular flexibility index (Phi) is 6.18. The van der Waals surface area contributed by atoms with Crippen molar-refractivity contribution < 1.29 is 19.4 Å².